The molecule has 0 unspecified atom stereocenters. The number of hydrogen-bond acceptors (Lipinski definition) is 7. The van der Waals surface area contributed by atoms with Gasteiger partial charge in [-0.25, -0.2) is 4.98 Å². The lowest BCUT2D eigenvalue weighted by Gasteiger charge is -2.31. The number of carbonyl (C=O) groups is 1. The molecule has 0 saturated carbocycles. The predicted molar refractivity (Wildman–Crippen MR) is 116 cm³/mol. The molecule has 1 aromatic carbocycles. The van der Waals surface area contributed by atoms with Crippen molar-refractivity contribution in [2.24, 2.45) is 0 Å². The summed E-state index contributed by atoms with van der Waals surface area (Å²) >= 11 is 0. The third-order valence-corrected chi connectivity index (χ3v) is 5.61. The van der Waals surface area contributed by atoms with Crippen LogP contribution in [0.1, 0.15) is 40.7 Å². The van der Waals surface area contributed by atoms with E-state index in [1.165, 1.54) is 0 Å². The second kappa shape index (κ2) is 9.89. The Morgan fingerprint density at radius 3 is 3.03 bits per heavy atom. The Balaban J connectivity index is 1.41. The van der Waals surface area contributed by atoms with Gasteiger partial charge < -0.3 is 19.3 Å². The third-order valence-electron chi connectivity index (χ3n) is 5.61. The summed E-state index contributed by atoms with van der Waals surface area (Å²) in [6.07, 6.45) is 2.08. The lowest BCUT2D eigenvalue weighted by molar-refractivity contribution is 0.0900. The highest BCUT2D eigenvalue weighted by Gasteiger charge is 2.25. The molecule has 1 amide bonds. The molecule has 4 rings (SSSR count). The maximum atomic E-state index is 12.2. The van der Waals surface area contributed by atoms with Crippen LogP contribution in [0.5, 0.6) is 5.75 Å². The van der Waals surface area contributed by atoms with Gasteiger partial charge in [-0.15, -0.1) is 0 Å². The van der Waals surface area contributed by atoms with Crippen LogP contribution in [0.15, 0.2) is 40.9 Å². The van der Waals surface area contributed by atoms with E-state index in [0.29, 0.717) is 13.2 Å². The van der Waals surface area contributed by atoms with Crippen LogP contribution in [0.2, 0.25) is 0 Å². The van der Waals surface area contributed by atoms with Crippen LogP contribution in [0.3, 0.4) is 0 Å². The number of carbonyl (C=O) groups excluding carboxylic acids is 1. The molecule has 1 aliphatic heterocycles. The fraction of sp³-hybridized carbons (Fsp3) is 0.435. The minimum Gasteiger partial charge on any atom is -0.494 e. The molecule has 1 aliphatic rings. The molecule has 8 nitrogen and oxygen atoms in total. The molecular formula is C23H28N4O4. The van der Waals surface area contributed by atoms with Crippen LogP contribution < -0.4 is 10.1 Å². The van der Waals surface area contributed by atoms with Gasteiger partial charge in [0.25, 0.3) is 5.91 Å². The van der Waals surface area contributed by atoms with E-state index in [-0.39, 0.29) is 17.6 Å². The van der Waals surface area contributed by atoms with Gasteiger partial charge in [-0.3, -0.25) is 9.69 Å². The highest BCUT2D eigenvalue weighted by molar-refractivity contribution is 5.91. The molecule has 31 heavy (non-hydrogen) atoms. The number of hydrogen-bond donors (Lipinski definition) is 1. The Morgan fingerprint density at radius 1 is 1.29 bits per heavy atom. The van der Waals surface area contributed by atoms with Gasteiger partial charge in [-0.05, 0) is 31.5 Å². The molecule has 164 valence electrons. The highest BCUT2D eigenvalue weighted by Crippen LogP contribution is 2.28. The number of methoxy groups -OCH3 is 2. The molecule has 1 saturated heterocycles. The Kier molecular flexibility index (Phi) is 6.79. The normalized spacial score (nSPS) is 17.0. The largest absolute Gasteiger partial charge is 0.494 e. The number of likely N-dealkylation sites (tertiary alicyclic amines) is 1. The summed E-state index contributed by atoms with van der Waals surface area (Å²) in [5, 5.41) is 7.99. The number of piperidine rings is 1. The van der Waals surface area contributed by atoms with Crippen LogP contribution >= 0.6 is 0 Å². The summed E-state index contributed by atoms with van der Waals surface area (Å²) in [7, 11) is 3.26. The third kappa shape index (κ3) is 5.03. The van der Waals surface area contributed by atoms with Crippen molar-refractivity contribution in [3.05, 3.63) is 53.5 Å². The number of rotatable bonds is 8. The Labute approximate surface area is 181 Å². The first-order chi connectivity index (χ1) is 15.2. The number of nitrogens with one attached hydrogen (secondary N) is 1. The molecule has 1 fully saturated rings. The molecule has 0 bridgehead atoms. The monoisotopic (exact) mass is 424 g/mol. The van der Waals surface area contributed by atoms with E-state index >= 15 is 0 Å². The van der Waals surface area contributed by atoms with Gasteiger partial charge in [0.05, 0.1) is 25.1 Å². The Morgan fingerprint density at radius 2 is 2.19 bits per heavy atom. The number of nitrogens with zero attached hydrogens (tertiary/aromatic N) is 3. The number of pyridine rings is 1. The number of aromatic nitrogens is 2. The van der Waals surface area contributed by atoms with Gasteiger partial charge in [0.2, 0.25) is 5.76 Å². The van der Waals surface area contributed by atoms with Crippen molar-refractivity contribution in [2.75, 3.05) is 40.5 Å². The summed E-state index contributed by atoms with van der Waals surface area (Å²) in [5.74, 6) is 0.993. The van der Waals surface area contributed by atoms with Gasteiger partial charge in [-0.2, -0.15) is 0 Å². The molecule has 1 N–H and O–H groups in total. The summed E-state index contributed by atoms with van der Waals surface area (Å²) < 4.78 is 15.7. The molecular weight excluding hydrogens is 396 g/mol. The fourth-order valence-electron chi connectivity index (χ4n) is 4.02. The summed E-state index contributed by atoms with van der Waals surface area (Å²) in [6, 6.07) is 11.9. The molecule has 0 radical (unpaired) electrons. The number of benzene rings is 1. The SMILES string of the molecule is COCCNC(=O)c1cc([C@@H]2CCCN(Cc3ccc4cccc(OC)c4n3)C2)no1. The minimum atomic E-state index is -0.266. The van der Waals surface area contributed by atoms with Crippen molar-refractivity contribution in [1.29, 1.82) is 0 Å². The van der Waals surface area contributed by atoms with Crippen LogP contribution in [0.4, 0.5) is 0 Å². The first-order valence-corrected chi connectivity index (χ1v) is 10.6. The van der Waals surface area contributed by atoms with E-state index in [1.54, 1.807) is 20.3 Å². The average Bonchev–Trinajstić information content (AvgIpc) is 3.29. The maximum Gasteiger partial charge on any atom is 0.289 e. The number of ether oxygens (including phenoxy) is 2. The molecule has 3 heterocycles. The van der Waals surface area contributed by atoms with Gasteiger partial charge in [-0.1, -0.05) is 23.4 Å². The highest BCUT2D eigenvalue weighted by atomic mass is 16.5. The molecule has 0 spiro atoms. The van der Waals surface area contributed by atoms with Crippen LogP contribution in [-0.4, -0.2) is 61.4 Å². The average molecular weight is 425 g/mol. The van der Waals surface area contributed by atoms with Gasteiger partial charge >= 0.3 is 0 Å². The lowest BCUT2D eigenvalue weighted by atomic mass is 9.94. The summed E-state index contributed by atoms with van der Waals surface area (Å²) in [5.41, 5.74) is 2.72. The number of amides is 1. The Bertz CT molecular complexity index is 1040. The molecule has 8 heteroatoms. The number of fused-ring (bicyclic) bond motifs is 1. The zero-order valence-corrected chi connectivity index (χ0v) is 18.0. The summed E-state index contributed by atoms with van der Waals surface area (Å²) in [6.45, 7) is 3.51. The zero-order chi connectivity index (χ0) is 21.6. The maximum absolute atomic E-state index is 12.2. The van der Waals surface area contributed by atoms with Crippen molar-refractivity contribution in [2.45, 2.75) is 25.3 Å². The van der Waals surface area contributed by atoms with E-state index in [1.807, 2.05) is 18.2 Å². The predicted octanol–water partition coefficient (Wildman–Crippen LogP) is 2.99. The second-order valence-electron chi connectivity index (χ2n) is 7.77. The zero-order valence-electron chi connectivity index (χ0n) is 18.0. The van der Waals surface area contributed by atoms with E-state index in [0.717, 1.165) is 60.5 Å². The van der Waals surface area contributed by atoms with Gasteiger partial charge in [0.1, 0.15) is 11.3 Å². The van der Waals surface area contributed by atoms with Crippen molar-refractivity contribution in [3.63, 3.8) is 0 Å². The molecule has 0 aliphatic carbocycles. The molecule has 1 atom stereocenters. The molecule has 2 aromatic heterocycles. The van der Waals surface area contributed by atoms with Crippen LogP contribution in [0, 0.1) is 0 Å². The topological polar surface area (TPSA) is 89.7 Å². The van der Waals surface area contributed by atoms with Gasteiger partial charge in [0, 0.05) is 44.1 Å². The number of para-hydroxylation sites is 1. The Hall–Kier alpha value is -2.97. The van der Waals surface area contributed by atoms with Crippen molar-refractivity contribution < 1.29 is 18.8 Å². The standard InChI is InChI=1S/C23H28N4O4/c1-29-12-10-24-23(28)21-13-19(26-31-21)17-6-4-11-27(14-17)15-18-9-8-16-5-3-7-20(30-2)22(16)25-18/h3,5,7-9,13,17H,4,6,10-12,14-15H2,1-2H3,(H,24,28)/t17-/m1/s1. The van der Waals surface area contributed by atoms with E-state index in [9.17, 15) is 4.79 Å². The second-order valence-corrected chi connectivity index (χ2v) is 7.77. The van der Waals surface area contributed by atoms with E-state index in [4.69, 9.17) is 19.0 Å². The fourth-order valence-corrected chi connectivity index (χ4v) is 4.02. The lowest BCUT2D eigenvalue weighted by Crippen LogP contribution is -2.34. The first-order valence-electron chi connectivity index (χ1n) is 10.6. The van der Waals surface area contributed by atoms with E-state index in [2.05, 4.69) is 27.5 Å². The molecule has 3 aromatic rings. The van der Waals surface area contributed by atoms with Crippen molar-refractivity contribution in [1.82, 2.24) is 20.4 Å². The quantitative estimate of drug-likeness (QED) is 0.556. The summed E-state index contributed by atoms with van der Waals surface area (Å²) in [4.78, 5) is 19.4. The van der Waals surface area contributed by atoms with Crippen molar-refractivity contribution >= 4 is 16.8 Å². The van der Waals surface area contributed by atoms with Crippen LogP contribution in [0.25, 0.3) is 10.9 Å². The van der Waals surface area contributed by atoms with E-state index < -0.39 is 0 Å². The van der Waals surface area contributed by atoms with Gasteiger partial charge in [0.15, 0.2) is 0 Å². The first kappa shape index (κ1) is 21.3. The minimum absolute atomic E-state index is 0.230. The smallest absolute Gasteiger partial charge is 0.289 e. The van der Waals surface area contributed by atoms with Crippen molar-refractivity contribution in [3.8, 4) is 5.75 Å². The van der Waals surface area contributed by atoms with Crippen LogP contribution in [-0.2, 0) is 11.3 Å².